The van der Waals surface area contributed by atoms with E-state index in [2.05, 4.69) is 0 Å². The second-order valence-corrected chi connectivity index (χ2v) is 5.82. The number of piperidine rings is 1. The highest BCUT2D eigenvalue weighted by Gasteiger charge is 2.12. The Morgan fingerprint density at radius 3 is 2.45 bits per heavy atom. The Balaban J connectivity index is 1.55. The molecule has 1 fully saturated rings. The van der Waals surface area contributed by atoms with Crippen molar-refractivity contribution in [2.45, 2.75) is 32.6 Å². The zero-order valence-corrected chi connectivity index (χ0v) is 13.6. The maximum absolute atomic E-state index is 11.5. The number of nitrogens with one attached hydrogen (secondary N) is 1. The van der Waals surface area contributed by atoms with Gasteiger partial charge in [-0.1, -0.05) is 6.92 Å². The lowest BCUT2D eigenvalue weighted by Gasteiger charge is -2.23. The van der Waals surface area contributed by atoms with E-state index in [1.54, 1.807) is 4.90 Å². The average molecular weight is 306 g/mol. The van der Waals surface area contributed by atoms with E-state index in [4.69, 9.17) is 9.47 Å². The topological polar surface area (TPSA) is 40.0 Å². The molecule has 4 heteroatoms. The van der Waals surface area contributed by atoms with Gasteiger partial charge in [-0.15, -0.1) is 0 Å². The highest BCUT2D eigenvalue weighted by Crippen LogP contribution is 2.13. The Morgan fingerprint density at radius 1 is 1.05 bits per heavy atom. The van der Waals surface area contributed by atoms with E-state index in [9.17, 15) is 4.79 Å². The number of benzene rings is 1. The van der Waals surface area contributed by atoms with Gasteiger partial charge in [-0.3, -0.25) is 4.79 Å². The first-order chi connectivity index (χ1) is 10.8. The van der Waals surface area contributed by atoms with Gasteiger partial charge in [0.1, 0.15) is 18.9 Å². The highest BCUT2D eigenvalue weighted by molar-refractivity contribution is 5.95. The van der Waals surface area contributed by atoms with Gasteiger partial charge >= 0.3 is 0 Å². The van der Waals surface area contributed by atoms with Crippen LogP contribution in [0.15, 0.2) is 24.3 Å². The Labute approximate surface area is 133 Å². The van der Waals surface area contributed by atoms with Crippen LogP contribution in [0.25, 0.3) is 0 Å². The van der Waals surface area contributed by atoms with Crippen LogP contribution in [-0.2, 0) is 4.74 Å². The highest BCUT2D eigenvalue weighted by atomic mass is 16.5. The zero-order valence-electron chi connectivity index (χ0n) is 13.6. The number of hydrogen-bond donors (Lipinski definition) is 1. The van der Waals surface area contributed by atoms with Crippen LogP contribution in [0.1, 0.15) is 43.0 Å². The third-order valence-electron chi connectivity index (χ3n) is 4.15. The van der Waals surface area contributed by atoms with Crippen LogP contribution in [0.5, 0.6) is 5.75 Å². The maximum atomic E-state index is 11.5. The minimum atomic E-state index is 0.162. The summed E-state index contributed by atoms with van der Waals surface area (Å²) >= 11 is 0. The lowest BCUT2D eigenvalue weighted by atomic mass is 10.1. The van der Waals surface area contributed by atoms with Gasteiger partial charge in [0.2, 0.25) is 0 Å². The van der Waals surface area contributed by atoms with Crippen LogP contribution in [-0.4, -0.2) is 45.2 Å². The minimum absolute atomic E-state index is 0.162. The molecule has 4 nitrogen and oxygen atoms in total. The van der Waals surface area contributed by atoms with Gasteiger partial charge in [0.15, 0.2) is 5.78 Å². The summed E-state index contributed by atoms with van der Waals surface area (Å²) < 4.78 is 11.3. The number of quaternary nitrogens is 1. The quantitative estimate of drug-likeness (QED) is 0.558. The molecule has 1 saturated heterocycles. The smallest absolute Gasteiger partial charge is 0.162 e. The van der Waals surface area contributed by atoms with Crippen molar-refractivity contribution >= 4 is 5.78 Å². The second-order valence-electron chi connectivity index (χ2n) is 5.82. The Kier molecular flexibility index (Phi) is 7.40. The molecule has 0 saturated carbocycles. The van der Waals surface area contributed by atoms with Crippen molar-refractivity contribution in [2.24, 2.45) is 0 Å². The van der Waals surface area contributed by atoms with Crippen LogP contribution >= 0.6 is 0 Å². The minimum Gasteiger partial charge on any atom is -0.491 e. The molecule has 0 amide bonds. The summed E-state index contributed by atoms with van der Waals surface area (Å²) in [6.07, 6.45) is 4.64. The number of ether oxygens (including phenoxy) is 2. The third kappa shape index (κ3) is 5.78. The molecule has 0 unspecified atom stereocenters. The first-order valence-electron chi connectivity index (χ1n) is 8.47. The number of rotatable bonds is 9. The Morgan fingerprint density at radius 2 is 1.77 bits per heavy atom. The van der Waals surface area contributed by atoms with Gasteiger partial charge in [0.05, 0.1) is 26.3 Å². The van der Waals surface area contributed by atoms with Crippen molar-refractivity contribution in [1.82, 2.24) is 0 Å². The van der Waals surface area contributed by atoms with E-state index < -0.39 is 0 Å². The van der Waals surface area contributed by atoms with Gasteiger partial charge in [-0.25, -0.2) is 0 Å². The third-order valence-corrected chi connectivity index (χ3v) is 4.15. The molecular weight excluding hydrogens is 278 g/mol. The van der Waals surface area contributed by atoms with Gasteiger partial charge in [-0.05, 0) is 43.5 Å². The van der Waals surface area contributed by atoms with E-state index in [0.717, 1.165) is 24.5 Å². The lowest BCUT2D eigenvalue weighted by Crippen LogP contribution is -3.13. The molecule has 1 N–H and O–H groups in total. The first-order valence-corrected chi connectivity index (χ1v) is 8.47. The molecular formula is C18H28NO3+. The molecule has 0 bridgehead atoms. The van der Waals surface area contributed by atoms with Gasteiger partial charge in [0, 0.05) is 12.0 Å². The van der Waals surface area contributed by atoms with Crippen molar-refractivity contribution in [3.05, 3.63) is 29.8 Å². The van der Waals surface area contributed by atoms with E-state index >= 15 is 0 Å². The number of Topliss-reactive ketones (excluding diaryl/α,β-unsaturated/α-hetero) is 1. The number of ketones is 1. The summed E-state index contributed by atoms with van der Waals surface area (Å²) in [5.41, 5.74) is 0.746. The molecule has 22 heavy (non-hydrogen) atoms. The molecule has 0 spiro atoms. The van der Waals surface area contributed by atoms with Crippen LogP contribution in [0.2, 0.25) is 0 Å². The fourth-order valence-corrected chi connectivity index (χ4v) is 2.78. The largest absolute Gasteiger partial charge is 0.491 e. The lowest BCUT2D eigenvalue weighted by molar-refractivity contribution is -0.905. The van der Waals surface area contributed by atoms with Crippen LogP contribution in [0.3, 0.4) is 0 Å². The summed E-state index contributed by atoms with van der Waals surface area (Å²) in [4.78, 5) is 13.2. The van der Waals surface area contributed by atoms with E-state index in [0.29, 0.717) is 19.6 Å². The van der Waals surface area contributed by atoms with Gasteiger partial charge < -0.3 is 14.4 Å². The number of carbonyl (C=O) groups is 1. The molecule has 0 aromatic heterocycles. The van der Waals surface area contributed by atoms with Crippen LogP contribution in [0.4, 0.5) is 0 Å². The summed E-state index contributed by atoms with van der Waals surface area (Å²) in [5.74, 6) is 0.952. The molecule has 0 radical (unpaired) electrons. The summed E-state index contributed by atoms with van der Waals surface area (Å²) in [6, 6.07) is 7.34. The maximum Gasteiger partial charge on any atom is 0.162 e. The monoisotopic (exact) mass is 306 g/mol. The average Bonchev–Trinajstić information content (AvgIpc) is 2.58. The zero-order chi connectivity index (χ0) is 15.6. The molecule has 1 heterocycles. The van der Waals surface area contributed by atoms with Crippen LogP contribution < -0.4 is 9.64 Å². The summed E-state index contributed by atoms with van der Waals surface area (Å²) in [6.45, 7) is 7.54. The summed E-state index contributed by atoms with van der Waals surface area (Å²) in [7, 11) is 0. The van der Waals surface area contributed by atoms with Gasteiger partial charge in [-0.2, -0.15) is 0 Å². The Hall–Kier alpha value is -1.39. The number of carbonyl (C=O) groups excluding carboxylic acids is 1. The molecule has 122 valence electrons. The molecule has 1 aliphatic rings. The fourth-order valence-electron chi connectivity index (χ4n) is 2.78. The predicted octanol–water partition coefficient (Wildman–Crippen LogP) is 1.74. The van der Waals surface area contributed by atoms with Crippen molar-refractivity contribution in [3.63, 3.8) is 0 Å². The van der Waals surface area contributed by atoms with Gasteiger partial charge in [0.25, 0.3) is 0 Å². The van der Waals surface area contributed by atoms with E-state index in [-0.39, 0.29) is 5.78 Å². The number of likely N-dealkylation sites (tertiary alicyclic amines) is 1. The van der Waals surface area contributed by atoms with Crippen molar-refractivity contribution in [2.75, 3.05) is 39.5 Å². The summed E-state index contributed by atoms with van der Waals surface area (Å²) in [5, 5.41) is 0. The molecule has 2 rings (SSSR count). The second kappa shape index (κ2) is 9.59. The van der Waals surface area contributed by atoms with Crippen molar-refractivity contribution in [1.29, 1.82) is 0 Å². The number of hydrogen-bond acceptors (Lipinski definition) is 3. The standard InChI is InChI=1S/C18H27NO3/c1-2-18(20)16-6-8-17(9-7-16)22-15-14-21-13-12-19-10-4-3-5-11-19/h6-9H,2-5,10-15H2,1H3/p+1. The van der Waals surface area contributed by atoms with E-state index in [1.165, 1.54) is 32.4 Å². The molecule has 0 aliphatic carbocycles. The van der Waals surface area contributed by atoms with Crippen LogP contribution in [0, 0.1) is 0 Å². The SMILES string of the molecule is CCC(=O)c1ccc(OCCOCC[NH+]2CCCCC2)cc1. The van der Waals surface area contributed by atoms with Crippen molar-refractivity contribution in [3.8, 4) is 5.75 Å². The molecule has 1 aliphatic heterocycles. The molecule has 1 aromatic carbocycles. The normalized spacial score (nSPS) is 15.7. The Bertz CT molecular complexity index is 438. The van der Waals surface area contributed by atoms with E-state index in [1.807, 2.05) is 31.2 Å². The predicted molar refractivity (Wildman–Crippen MR) is 86.8 cm³/mol. The molecule has 0 atom stereocenters. The molecule has 1 aromatic rings. The first kappa shape index (κ1) is 17.0. The van der Waals surface area contributed by atoms with Crippen molar-refractivity contribution < 1.29 is 19.2 Å². The fraction of sp³-hybridized carbons (Fsp3) is 0.611.